The third-order valence-electron chi connectivity index (χ3n) is 2.09. The second-order valence-corrected chi connectivity index (χ2v) is 5.89. The van der Waals surface area contributed by atoms with Gasteiger partial charge in [0.2, 0.25) is 10.0 Å². The van der Waals surface area contributed by atoms with Crippen LogP contribution in [0.3, 0.4) is 0 Å². The van der Waals surface area contributed by atoms with E-state index in [1.807, 2.05) is 0 Å². The molecule has 0 aliphatic rings. The number of sulfonamides is 1. The van der Waals surface area contributed by atoms with E-state index in [0.29, 0.717) is 0 Å². The minimum atomic E-state index is -3.52. The van der Waals surface area contributed by atoms with Crippen LogP contribution >= 0.6 is 15.9 Å². The van der Waals surface area contributed by atoms with Crippen molar-refractivity contribution in [1.82, 2.24) is 4.72 Å². The SMILES string of the molecule is COC(CNS(=O)(=O)c1ccc(Br)cc1)OC. The Labute approximate surface area is 109 Å². The molecule has 0 saturated carbocycles. The molecule has 0 saturated heterocycles. The van der Waals surface area contributed by atoms with Crippen LogP contribution in [0.15, 0.2) is 33.6 Å². The van der Waals surface area contributed by atoms with Crippen LogP contribution in [0.4, 0.5) is 0 Å². The Bertz CT molecular complexity index is 442. The quantitative estimate of drug-likeness (QED) is 0.802. The molecule has 0 aliphatic carbocycles. The summed E-state index contributed by atoms with van der Waals surface area (Å²) in [5.74, 6) is 0. The van der Waals surface area contributed by atoms with Crippen molar-refractivity contribution in [3.63, 3.8) is 0 Å². The number of methoxy groups -OCH3 is 2. The zero-order valence-electron chi connectivity index (χ0n) is 9.51. The third kappa shape index (κ3) is 4.36. The number of nitrogens with one attached hydrogen (secondary N) is 1. The first-order valence-electron chi connectivity index (χ1n) is 4.80. The number of hydrogen-bond donors (Lipinski definition) is 1. The molecule has 96 valence electrons. The van der Waals surface area contributed by atoms with Gasteiger partial charge in [-0.15, -0.1) is 0 Å². The molecule has 0 aromatic heterocycles. The number of hydrogen-bond acceptors (Lipinski definition) is 4. The molecule has 0 bridgehead atoms. The van der Waals surface area contributed by atoms with Gasteiger partial charge in [-0.2, -0.15) is 0 Å². The van der Waals surface area contributed by atoms with Gasteiger partial charge in [-0.05, 0) is 24.3 Å². The van der Waals surface area contributed by atoms with Gasteiger partial charge in [-0.3, -0.25) is 0 Å². The van der Waals surface area contributed by atoms with Crippen molar-refractivity contribution in [3.8, 4) is 0 Å². The Balaban J connectivity index is 2.72. The minimum absolute atomic E-state index is 0.0609. The van der Waals surface area contributed by atoms with Crippen molar-refractivity contribution in [2.45, 2.75) is 11.2 Å². The molecule has 0 heterocycles. The van der Waals surface area contributed by atoms with E-state index in [1.54, 1.807) is 12.1 Å². The highest BCUT2D eigenvalue weighted by Crippen LogP contribution is 2.14. The fraction of sp³-hybridized carbons (Fsp3) is 0.400. The predicted octanol–water partition coefficient (Wildman–Crippen LogP) is 1.35. The van der Waals surface area contributed by atoms with Gasteiger partial charge in [0.1, 0.15) is 0 Å². The Morgan fingerprint density at radius 2 is 1.76 bits per heavy atom. The second-order valence-electron chi connectivity index (χ2n) is 3.21. The molecule has 7 heteroatoms. The van der Waals surface area contributed by atoms with Gasteiger partial charge < -0.3 is 9.47 Å². The number of rotatable bonds is 6. The van der Waals surface area contributed by atoms with Crippen molar-refractivity contribution in [3.05, 3.63) is 28.7 Å². The first kappa shape index (κ1) is 14.6. The van der Waals surface area contributed by atoms with E-state index in [0.717, 1.165) is 4.47 Å². The van der Waals surface area contributed by atoms with Crippen molar-refractivity contribution in [2.24, 2.45) is 0 Å². The summed E-state index contributed by atoms with van der Waals surface area (Å²) >= 11 is 3.24. The van der Waals surface area contributed by atoms with Gasteiger partial charge in [0.05, 0.1) is 11.4 Å². The zero-order valence-corrected chi connectivity index (χ0v) is 11.9. The number of ether oxygens (including phenoxy) is 2. The highest BCUT2D eigenvalue weighted by Gasteiger charge is 2.16. The Hall–Kier alpha value is -0.470. The van der Waals surface area contributed by atoms with Crippen molar-refractivity contribution >= 4 is 26.0 Å². The Kier molecular flexibility index (Phi) is 5.54. The van der Waals surface area contributed by atoms with Crippen LogP contribution in [0.2, 0.25) is 0 Å². The molecule has 1 N–H and O–H groups in total. The molecule has 0 atom stereocenters. The molecule has 0 amide bonds. The molecule has 5 nitrogen and oxygen atoms in total. The van der Waals surface area contributed by atoms with Gasteiger partial charge in [0.25, 0.3) is 0 Å². The maximum atomic E-state index is 11.8. The summed E-state index contributed by atoms with van der Waals surface area (Å²) in [5.41, 5.74) is 0. The fourth-order valence-corrected chi connectivity index (χ4v) is 2.42. The van der Waals surface area contributed by atoms with Gasteiger partial charge in [-0.1, -0.05) is 15.9 Å². The number of benzene rings is 1. The van der Waals surface area contributed by atoms with Crippen LogP contribution in [0.25, 0.3) is 0 Å². The van der Waals surface area contributed by atoms with E-state index >= 15 is 0 Å². The molecule has 0 aliphatic heterocycles. The lowest BCUT2D eigenvalue weighted by Gasteiger charge is -2.14. The molecule has 0 fully saturated rings. The molecular formula is C10H14BrNO4S. The monoisotopic (exact) mass is 323 g/mol. The van der Waals surface area contributed by atoms with E-state index in [2.05, 4.69) is 20.7 Å². The van der Waals surface area contributed by atoms with Crippen molar-refractivity contribution in [2.75, 3.05) is 20.8 Å². The van der Waals surface area contributed by atoms with Crippen LogP contribution in [-0.4, -0.2) is 35.5 Å². The summed E-state index contributed by atoms with van der Waals surface area (Å²) < 4.78 is 36.7. The Morgan fingerprint density at radius 3 is 2.24 bits per heavy atom. The van der Waals surface area contributed by atoms with Crippen LogP contribution < -0.4 is 4.72 Å². The average molecular weight is 324 g/mol. The summed E-state index contributed by atoms with van der Waals surface area (Å²) in [4.78, 5) is 0.201. The first-order valence-corrected chi connectivity index (χ1v) is 7.08. The summed E-state index contributed by atoms with van der Waals surface area (Å²) in [5, 5.41) is 0. The lowest BCUT2D eigenvalue weighted by molar-refractivity contribution is -0.0960. The van der Waals surface area contributed by atoms with Crippen LogP contribution in [-0.2, 0) is 19.5 Å². The molecule has 0 unspecified atom stereocenters. The van der Waals surface area contributed by atoms with Crippen LogP contribution in [0, 0.1) is 0 Å². The molecule has 0 radical (unpaired) electrons. The largest absolute Gasteiger partial charge is 0.355 e. The summed E-state index contributed by atoms with van der Waals surface area (Å²) in [6, 6.07) is 6.36. The van der Waals surface area contributed by atoms with Gasteiger partial charge >= 0.3 is 0 Å². The van der Waals surface area contributed by atoms with Gasteiger partial charge in [0.15, 0.2) is 6.29 Å². The van der Waals surface area contributed by atoms with Gasteiger partial charge in [-0.25, -0.2) is 13.1 Å². The standard InChI is InChI=1S/C10H14BrNO4S/c1-15-10(16-2)7-12-17(13,14)9-5-3-8(11)4-6-9/h3-6,10,12H,7H2,1-2H3. The molecule has 1 aromatic rings. The minimum Gasteiger partial charge on any atom is -0.355 e. The topological polar surface area (TPSA) is 64.6 Å². The van der Waals surface area contributed by atoms with Crippen LogP contribution in [0.1, 0.15) is 0 Å². The highest BCUT2D eigenvalue weighted by atomic mass is 79.9. The van der Waals surface area contributed by atoms with E-state index in [9.17, 15) is 8.42 Å². The summed E-state index contributed by atoms with van der Waals surface area (Å²) in [6.07, 6.45) is -0.597. The maximum absolute atomic E-state index is 11.8. The molecule has 1 rings (SSSR count). The molecule has 0 spiro atoms. The normalized spacial score (nSPS) is 12.0. The maximum Gasteiger partial charge on any atom is 0.240 e. The van der Waals surface area contributed by atoms with E-state index < -0.39 is 16.3 Å². The second kappa shape index (κ2) is 6.46. The Morgan fingerprint density at radius 1 is 1.24 bits per heavy atom. The highest BCUT2D eigenvalue weighted by molar-refractivity contribution is 9.10. The van der Waals surface area contributed by atoms with Gasteiger partial charge in [0, 0.05) is 18.7 Å². The molecule has 17 heavy (non-hydrogen) atoms. The first-order chi connectivity index (χ1) is 7.99. The molecule has 1 aromatic carbocycles. The van der Waals surface area contributed by atoms with E-state index in [1.165, 1.54) is 26.4 Å². The van der Waals surface area contributed by atoms with E-state index in [-0.39, 0.29) is 11.4 Å². The average Bonchev–Trinajstić information content (AvgIpc) is 2.31. The lowest BCUT2D eigenvalue weighted by Crippen LogP contribution is -2.34. The third-order valence-corrected chi connectivity index (χ3v) is 4.06. The zero-order chi connectivity index (χ0) is 12.9. The fourth-order valence-electron chi connectivity index (χ4n) is 1.14. The smallest absolute Gasteiger partial charge is 0.240 e. The van der Waals surface area contributed by atoms with E-state index in [4.69, 9.17) is 9.47 Å². The predicted molar refractivity (Wildman–Crippen MR) is 67.1 cm³/mol. The van der Waals surface area contributed by atoms with Crippen molar-refractivity contribution < 1.29 is 17.9 Å². The van der Waals surface area contributed by atoms with Crippen LogP contribution in [0.5, 0.6) is 0 Å². The van der Waals surface area contributed by atoms with Crippen molar-refractivity contribution in [1.29, 1.82) is 0 Å². The lowest BCUT2D eigenvalue weighted by atomic mass is 10.4. The molecular weight excluding hydrogens is 310 g/mol. The summed E-state index contributed by atoms with van der Waals surface area (Å²) in [7, 11) is -0.630. The number of halogens is 1. The summed E-state index contributed by atoms with van der Waals surface area (Å²) in [6.45, 7) is 0.0609.